The number of hydrogen-bond acceptors (Lipinski definition) is 7. The minimum absolute atomic E-state index is 0.115. The van der Waals surface area contributed by atoms with Crippen LogP contribution in [0.4, 0.5) is 23.3 Å². The highest BCUT2D eigenvalue weighted by Gasteiger charge is 2.22. The molecule has 0 bridgehead atoms. The molecule has 0 unspecified atom stereocenters. The lowest BCUT2D eigenvalue weighted by Crippen LogP contribution is -2.39. The van der Waals surface area contributed by atoms with E-state index in [4.69, 9.17) is 16.3 Å². The van der Waals surface area contributed by atoms with Gasteiger partial charge in [-0.15, -0.1) is 0 Å². The SMILES string of the molecule is CC(=O)Nc1cc(Nc2ncnc(N3CCC(Oc4ccc(Cl)cc4)CC3)n2)ccc1C. The summed E-state index contributed by atoms with van der Waals surface area (Å²) in [5, 5.41) is 6.72. The van der Waals surface area contributed by atoms with Crippen LogP contribution in [0.5, 0.6) is 5.75 Å². The molecule has 0 aliphatic carbocycles. The molecule has 0 radical (unpaired) electrons. The fraction of sp³-hybridized carbons (Fsp3) is 0.304. The maximum atomic E-state index is 11.4. The normalized spacial score (nSPS) is 14.2. The second kappa shape index (κ2) is 9.82. The maximum Gasteiger partial charge on any atom is 0.231 e. The van der Waals surface area contributed by atoms with E-state index in [2.05, 4.69) is 30.5 Å². The van der Waals surface area contributed by atoms with E-state index in [9.17, 15) is 4.79 Å². The van der Waals surface area contributed by atoms with E-state index >= 15 is 0 Å². The Morgan fingerprint density at radius 1 is 1.12 bits per heavy atom. The molecule has 8 nitrogen and oxygen atoms in total. The van der Waals surface area contributed by atoms with Gasteiger partial charge in [-0.25, -0.2) is 9.97 Å². The average molecular weight is 453 g/mol. The molecule has 1 aromatic heterocycles. The van der Waals surface area contributed by atoms with Crippen molar-refractivity contribution in [2.24, 2.45) is 0 Å². The molecular weight excluding hydrogens is 428 g/mol. The number of rotatable bonds is 6. The first-order chi connectivity index (χ1) is 15.5. The predicted octanol–water partition coefficient (Wildman–Crippen LogP) is 4.58. The van der Waals surface area contributed by atoms with Crippen LogP contribution >= 0.6 is 11.6 Å². The number of benzene rings is 2. The van der Waals surface area contributed by atoms with Gasteiger partial charge in [0.15, 0.2) is 0 Å². The summed E-state index contributed by atoms with van der Waals surface area (Å²) < 4.78 is 6.06. The van der Waals surface area contributed by atoms with Crippen molar-refractivity contribution in [3.63, 3.8) is 0 Å². The Bertz CT molecular complexity index is 1080. The number of carbonyl (C=O) groups is 1. The number of ether oxygens (including phenoxy) is 1. The van der Waals surface area contributed by atoms with Gasteiger partial charge in [0.25, 0.3) is 0 Å². The standard InChI is InChI=1S/C23H25ClN6O2/c1-15-3-6-18(13-21(15)27-16(2)31)28-22-25-14-26-23(29-22)30-11-9-20(10-12-30)32-19-7-4-17(24)5-8-19/h3-8,13-14,20H,9-12H2,1-2H3,(H,27,31)(H,25,26,28,29). The molecule has 166 valence electrons. The summed E-state index contributed by atoms with van der Waals surface area (Å²) in [5.74, 6) is 1.79. The number of nitrogens with zero attached hydrogens (tertiary/aromatic N) is 4. The van der Waals surface area contributed by atoms with E-state index in [1.54, 1.807) is 0 Å². The fourth-order valence-corrected chi connectivity index (χ4v) is 3.66. The topological polar surface area (TPSA) is 92.3 Å². The van der Waals surface area contributed by atoms with E-state index in [1.165, 1.54) is 13.3 Å². The molecule has 2 heterocycles. The molecule has 1 fully saturated rings. The van der Waals surface area contributed by atoms with Gasteiger partial charge in [-0.3, -0.25) is 4.79 Å². The van der Waals surface area contributed by atoms with Crippen molar-refractivity contribution < 1.29 is 9.53 Å². The highest BCUT2D eigenvalue weighted by molar-refractivity contribution is 6.30. The molecule has 4 rings (SSSR count). The first kappa shape index (κ1) is 21.8. The number of carbonyl (C=O) groups excluding carboxylic acids is 1. The van der Waals surface area contributed by atoms with Crippen LogP contribution in [0.15, 0.2) is 48.8 Å². The van der Waals surface area contributed by atoms with Gasteiger partial charge >= 0.3 is 0 Å². The molecule has 1 amide bonds. The summed E-state index contributed by atoms with van der Waals surface area (Å²) in [7, 11) is 0. The summed E-state index contributed by atoms with van der Waals surface area (Å²) >= 11 is 5.94. The predicted molar refractivity (Wildman–Crippen MR) is 126 cm³/mol. The van der Waals surface area contributed by atoms with Crippen molar-refractivity contribution in [2.75, 3.05) is 28.6 Å². The Morgan fingerprint density at radius 3 is 2.59 bits per heavy atom. The Morgan fingerprint density at radius 2 is 1.88 bits per heavy atom. The lowest BCUT2D eigenvalue weighted by Gasteiger charge is -2.32. The van der Waals surface area contributed by atoms with Crippen LogP contribution < -0.4 is 20.3 Å². The van der Waals surface area contributed by atoms with Crippen LogP contribution in [0.25, 0.3) is 0 Å². The van der Waals surface area contributed by atoms with Crippen molar-refractivity contribution in [3.05, 3.63) is 59.4 Å². The summed E-state index contributed by atoms with van der Waals surface area (Å²) in [4.78, 5) is 26.7. The number of halogens is 1. The molecule has 1 aliphatic rings. The van der Waals surface area contributed by atoms with Crippen LogP contribution in [-0.2, 0) is 4.79 Å². The minimum Gasteiger partial charge on any atom is -0.490 e. The number of piperidine rings is 1. The van der Waals surface area contributed by atoms with E-state index in [1.807, 2.05) is 49.4 Å². The van der Waals surface area contributed by atoms with Crippen molar-refractivity contribution >= 4 is 40.8 Å². The second-order valence-corrected chi connectivity index (χ2v) is 8.14. The number of amides is 1. The van der Waals surface area contributed by atoms with E-state index in [-0.39, 0.29) is 12.0 Å². The molecule has 0 spiro atoms. The summed E-state index contributed by atoms with van der Waals surface area (Å²) in [6, 6.07) is 13.2. The summed E-state index contributed by atoms with van der Waals surface area (Å²) in [6.45, 7) is 5.01. The minimum atomic E-state index is -0.115. The highest BCUT2D eigenvalue weighted by Crippen LogP contribution is 2.25. The number of nitrogens with one attached hydrogen (secondary N) is 2. The van der Waals surface area contributed by atoms with Gasteiger partial charge < -0.3 is 20.3 Å². The van der Waals surface area contributed by atoms with Crippen molar-refractivity contribution in [1.82, 2.24) is 15.0 Å². The van der Waals surface area contributed by atoms with Crippen LogP contribution in [0.3, 0.4) is 0 Å². The van der Waals surface area contributed by atoms with Crippen LogP contribution in [0.1, 0.15) is 25.3 Å². The third-order valence-corrected chi connectivity index (χ3v) is 5.46. The summed E-state index contributed by atoms with van der Waals surface area (Å²) in [6.07, 6.45) is 3.39. The maximum absolute atomic E-state index is 11.4. The molecular formula is C23H25ClN6O2. The monoisotopic (exact) mass is 452 g/mol. The number of aromatic nitrogens is 3. The van der Waals surface area contributed by atoms with E-state index in [0.717, 1.165) is 48.6 Å². The number of hydrogen-bond donors (Lipinski definition) is 2. The van der Waals surface area contributed by atoms with Gasteiger partial charge in [0.05, 0.1) is 0 Å². The quantitative estimate of drug-likeness (QED) is 0.565. The zero-order valence-corrected chi connectivity index (χ0v) is 18.8. The number of aryl methyl sites for hydroxylation is 1. The zero-order valence-electron chi connectivity index (χ0n) is 18.0. The smallest absolute Gasteiger partial charge is 0.231 e. The molecule has 2 aromatic carbocycles. The molecule has 1 aliphatic heterocycles. The van der Waals surface area contributed by atoms with Crippen molar-refractivity contribution in [3.8, 4) is 5.75 Å². The molecule has 0 saturated carbocycles. The first-order valence-corrected chi connectivity index (χ1v) is 10.9. The lowest BCUT2D eigenvalue weighted by atomic mass is 10.1. The Kier molecular flexibility index (Phi) is 6.70. The van der Waals surface area contributed by atoms with Crippen LogP contribution in [-0.4, -0.2) is 40.1 Å². The van der Waals surface area contributed by atoms with Gasteiger partial charge in [-0.05, 0) is 48.9 Å². The van der Waals surface area contributed by atoms with E-state index in [0.29, 0.717) is 16.9 Å². The zero-order chi connectivity index (χ0) is 22.5. The largest absolute Gasteiger partial charge is 0.490 e. The second-order valence-electron chi connectivity index (χ2n) is 7.70. The van der Waals surface area contributed by atoms with Crippen molar-refractivity contribution in [1.29, 1.82) is 0 Å². The van der Waals surface area contributed by atoms with Gasteiger partial charge in [-0.1, -0.05) is 17.7 Å². The van der Waals surface area contributed by atoms with Gasteiger partial charge in [0.2, 0.25) is 17.8 Å². The Balaban J connectivity index is 1.37. The van der Waals surface area contributed by atoms with E-state index < -0.39 is 0 Å². The lowest BCUT2D eigenvalue weighted by molar-refractivity contribution is -0.114. The third kappa shape index (κ3) is 5.64. The average Bonchev–Trinajstić information content (AvgIpc) is 2.78. The molecule has 0 atom stereocenters. The summed E-state index contributed by atoms with van der Waals surface area (Å²) in [5.41, 5.74) is 2.51. The van der Waals surface area contributed by atoms with Crippen molar-refractivity contribution in [2.45, 2.75) is 32.8 Å². The molecule has 1 saturated heterocycles. The highest BCUT2D eigenvalue weighted by atomic mass is 35.5. The molecule has 9 heteroatoms. The van der Waals surface area contributed by atoms with Crippen LogP contribution in [0, 0.1) is 6.92 Å². The Labute approximate surface area is 192 Å². The first-order valence-electron chi connectivity index (χ1n) is 10.5. The molecule has 2 N–H and O–H groups in total. The third-order valence-electron chi connectivity index (χ3n) is 5.20. The molecule has 32 heavy (non-hydrogen) atoms. The number of anilines is 4. The van der Waals surface area contributed by atoms with Gasteiger partial charge in [-0.2, -0.15) is 4.98 Å². The van der Waals surface area contributed by atoms with Gasteiger partial charge in [0.1, 0.15) is 18.2 Å². The molecule has 3 aromatic rings. The Hall–Kier alpha value is -3.39. The van der Waals surface area contributed by atoms with Gasteiger partial charge in [0, 0.05) is 49.3 Å². The fourth-order valence-electron chi connectivity index (χ4n) is 3.53. The van der Waals surface area contributed by atoms with Crippen LogP contribution in [0.2, 0.25) is 5.02 Å².